The Morgan fingerprint density at radius 1 is 1.04 bits per heavy atom. The Morgan fingerprint density at radius 3 is 2.11 bits per heavy atom. The molecule has 0 amide bonds. The summed E-state index contributed by atoms with van der Waals surface area (Å²) in [6.07, 6.45) is 1.21. The van der Waals surface area contributed by atoms with Crippen LogP contribution in [-0.2, 0) is 10.0 Å². The molecule has 0 heterocycles. The van der Waals surface area contributed by atoms with Crippen molar-refractivity contribution in [2.75, 3.05) is 26.1 Å². The fourth-order valence-corrected chi connectivity index (χ4v) is 3.63. The number of ether oxygens (including phenoxy) is 3. The molecule has 0 aliphatic rings. The highest BCUT2D eigenvalue weighted by atomic mass is 32.2. The van der Waals surface area contributed by atoms with E-state index in [2.05, 4.69) is 4.72 Å². The molecule has 0 spiro atoms. The highest BCUT2D eigenvalue weighted by Gasteiger charge is 2.21. The summed E-state index contributed by atoms with van der Waals surface area (Å²) in [6.45, 7) is 3.70. The molecule has 1 N–H and O–H groups in total. The van der Waals surface area contributed by atoms with Crippen LogP contribution in [0, 0.1) is 25.2 Å². The van der Waals surface area contributed by atoms with Crippen LogP contribution in [0.5, 0.6) is 17.2 Å². The minimum Gasteiger partial charge on any atom is -0.496 e. The third-order valence-electron chi connectivity index (χ3n) is 4.05. The molecule has 0 fully saturated rings. The molecule has 2 rings (SSSR count). The van der Waals surface area contributed by atoms with Gasteiger partial charge >= 0.3 is 0 Å². The van der Waals surface area contributed by atoms with Crippen LogP contribution in [0.3, 0.4) is 0 Å². The first kappa shape index (κ1) is 21.1. The van der Waals surface area contributed by atoms with Crippen molar-refractivity contribution in [1.29, 1.82) is 5.26 Å². The number of hydrogen-bond acceptors (Lipinski definition) is 6. The fraction of sp³-hybridized carbons (Fsp3) is 0.250. The molecule has 2 aromatic rings. The summed E-state index contributed by atoms with van der Waals surface area (Å²) in [5.74, 6) is 1.09. The fourth-order valence-electron chi connectivity index (χ4n) is 2.60. The molecule has 28 heavy (non-hydrogen) atoms. The topological polar surface area (TPSA) is 97.7 Å². The Bertz CT molecular complexity index is 1030. The number of allylic oxidation sites excluding steroid dienone is 1. The molecule has 2 aromatic carbocycles. The lowest BCUT2D eigenvalue weighted by atomic mass is 10.1. The Kier molecular flexibility index (Phi) is 6.54. The third-order valence-corrected chi connectivity index (χ3v) is 5.33. The van der Waals surface area contributed by atoms with Gasteiger partial charge in [-0.1, -0.05) is 17.7 Å². The molecular formula is C20H22N2O5S. The normalized spacial score (nSPS) is 11.5. The van der Waals surface area contributed by atoms with E-state index in [0.717, 1.165) is 11.1 Å². The summed E-state index contributed by atoms with van der Waals surface area (Å²) < 4.78 is 43.8. The molecule has 148 valence electrons. The van der Waals surface area contributed by atoms with Crippen LogP contribution in [0.2, 0.25) is 0 Å². The van der Waals surface area contributed by atoms with Gasteiger partial charge in [-0.3, -0.25) is 4.72 Å². The van der Waals surface area contributed by atoms with Crippen LogP contribution in [-0.4, -0.2) is 29.7 Å². The van der Waals surface area contributed by atoms with Crippen molar-refractivity contribution in [3.63, 3.8) is 0 Å². The summed E-state index contributed by atoms with van der Waals surface area (Å²) in [6, 6.07) is 10.2. The maximum Gasteiger partial charge on any atom is 0.272 e. The second-order valence-corrected chi connectivity index (χ2v) is 7.64. The van der Waals surface area contributed by atoms with Crippen molar-refractivity contribution in [3.05, 3.63) is 51.9 Å². The van der Waals surface area contributed by atoms with Gasteiger partial charge in [-0.05, 0) is 31.6 Å². The van der Waals surface area contributed by atoms with E-state index in [4.69, 9.17) is 14.2 Å². The van der Waals surface area contributed by atoms with Gasteiger partial charge in [-0.15, -0.1) is 0 Å². The van der Waals surface area contributed by atoms with Crippen LogP contribution >= 0.6 is 0 Å². The van der Waals surface area contributed by atoms with E-state index >= 15 is 0 Å². The molecule has 0 saturated heterocycles. The molecule has 0 unspecified atom stereocenters. The quantitative estimate of drug-likeness (QED) is 0.710. The highest BCUT2D eigenvalue weighted by molar-refractivity contribution is 7.97. The Hall–Kier alpha value is -3.18. The van der Waals surface area contributed by atoms with Crippen LogP contribution in [0.25, 0.3) is 6.08 Å². The number of methoxy groups -OCH3 is 3. The first-order valence-corrected chi connectivity index (χ1v) is 9.76. The molecule has 0 saturated carbocycles. The van der Waals surface area contributed by atoms with Gasteiger partial charge in [0, 0.05) is 12.1 Å². The van der Waals surface area contributed by atoms with Crippen molar-refractivity contribution < 1.29 is 22.6 Å². The van der Waals surface area contributed by atoms with Crippen LogP contribution in [0.4, 0.5) is 5.69 Å². The van der Waals surface area contributed by atoms with Gasteiger partial charge in [0.15, 0.2) is 4.91 Å². The van der Waals surface area contributed by atoms with Gasteiger partial charge in [0.1, 0.15) is 23.3 Å². The van der Waals surface area contributed by atoms with Gasteiger partial charge in [0.2, 0.25) is 0 Å². The molecule has 0 aromatic heterocycles. The van der Waals surface area contributed by atoms with Crippen LogP contribution in [0.15, 0.2) is 35.2 Å². The Morgan fingerprint density at radius 2 is 1.64 bits per heavy atom. The maximum absolute atomic E-state index is 12.8. The van der Waals surface area contributed by atoms with Gasteiger partial charge < -0.3 is 14.2 Å². The number of anilines is 1. The first-order valence-electron chi connectivity index (χ1n) is 8.27. The van der Waals surface area contributed by atoms with E-state index in [1.165, 1.54) is 27.4 Å². The number of aryl methyl sites for hydroxylation is 2. The molecule has 0 bridgehead atoms. The van der Waals surface area contributed by atoms with E-state index in [1.54, 1.807) is 37.3 Å². The van der Waals surface area contributed by atoms with E-state index in [1.807, 2.05) is 13.0 Å². The molecular weight excluding hydrogens is 380 g/mol. The molecule has 0 aliphatic carbocycles. The van der Waals surface area contributed by atoms with Crippen molar-refractivity contribution >= 4 is 21.8 Å². The monoisotopic (exact) mass is 402 g/mol. The van der Waals surface area contributed by atoms with Crippen molar-refractivity contribution in [2.45, 2.75) is 13.8 Å². The summed E-state index contributed by atoms with van der Waals surface area (Å²) in [5.41, 5.74) is 2.47. The molecule has 0 atom stereocenters. The van der Waals surface area contributed by atoms with Crippen molar-refractivity contribution in [2.24, 2.45) is 0 Å². The zero-order chi connectivity index (χ0) is 20.9. The number of nitriles is 1. The number of nitrogens with one attached hydrogen (secondary N) is 1. The van der Waals surface area contributed by atoms with Crippen LogP contribution < -0.4 is 18.9 Å². The Labute approximate surface area is 165 Å². The summed E-state index contributed by atoms with van der Waals surface area (Å²) in [7, 11) is 0.233. The lowest BCUT2D eigenvalue weighted by molar-refractivity contribution is 0.374. The number of hydrogen-bond donors (Lipinski definition) is 1. The minimum atomic E-state index is -4.12. The predicted octanol–water partition coefficient (Wildman–Crippen LogP) is 3.64. The zero-order valence-corrected chi connectivity index (χ0v) is 17.2. The third kappa shape index (κ3) is 4.56. The van der Waals surface area contributed by atoms with E-state index in [0.29, 0.717) is 28.5 Å². The number of benzene rings is 2. The average molecular weight is 402 g/mol. The van der Waals surface area contributed by atoms with E-state index in [-0.39, 0.29) is 0 Å². The van der Waals surface area contributed by atoms with Gasteiger partial charge in [0.25, 0.3) is 10.0 Å². The number of rotatable bonds is 7. The standard InChI is InChI=1S/C20H22N2O5S/c1-13-6-7-18(14(2)8-13)22-28(23,24)16(12-21)11-17-19(26-4)9-15(25-3)10-20(17)27-5/h6-11,22H,1-5H3/b16-11+. The summed E-state index contributed by atoms with van der Waals surface area (Å²) in [4.78, 5) is -0.478. The van der Waals surface area contributed by atoms with Crippen LogP contribution in [0.1, 0.15) is 16.7 Å². The van der Waals surface area contributed by atoms with Crippen molar-refractivity contribution in [1.82, 2.24) is 0 Å². The van der Waals surface area contributed by atoms with Crippen molar-refractivity contribution in [3.8, 4) is 23.3 Å². The molecule has 0 aliphatic heterocycles. The van der Waals surface area contributed by atoms with Gasteiger partial charge in [-0.2, -0.15) is 5.26 Å². The largest absolute Gasteiger partial charge is 0.496 e. The summed E-state index contributed by atoms with van der Waals surface area (Å²) >= 11 is 0. The highest BCUT2D eigenvalue weighted by Crippen LogP contribution is 2.36. The smallest absolute Gasteiger partial charge is 0.272 e. The second kappa shape index (κ2) is 8.67. The SMILES string of the molecule is COc1cc(OC)c(/C=C(\C#N)S(=O)(=O)Nc2ccc(C)cc2C)c(OC)c1. The average Bonchev–Trinajstić information content (AvgIpc) is 2.67. The van der Waals surface area contributed by atoms with E-state index in [9.17, 15) is 13.7 Å². The second-order valence-electron chi connectivity index (χ2n) is 5.99. The number of nitrogens with zero attached hydrogens (tertiary/aromatic N) is 1. The molecule has 0 radical (unpaired) electrons. The summed E-state index contributed by atoms with van der Waals surface area (Å²) in [5, 5.41) is 9.50. The number of sulfonamides is 1. The van der Waals surface area contributed by atoms with E-state index < -0.39 is 14.9 Å². The molecule has 7 nitrogen and oxygen atoms in total. The van der Waals surface area contributed by atoms with Gasteiger partial charge in [0.05, 0.1) is 32.6 Å². The lowest BCUT2D eigenvalue weighted by Crippen LogP contribution is -2.15. The molecule has 8 heteroatoms. The predicted molar refractivity (Wildman–Crippen MR) is 108 cm³/mol. The minimum absolute atomic E-state index is 0.311. The Balaban J connectivity index is 2.55. The zero-order valence-electron chi connectivity index (χ0n) is 16.4. The maximum atomic E-state index is 12.8. The first-order chi connectivity index (χ1) is 13.2. The van der Waals surface area contributed by atoms with Gasteiger partial charge in [-0.25, -0.2) is 8.42 Å². The lowest BCUT2D eigenvalue weighted by Gasteiger charge is -2.14.